The molecule has 0 aliphatic carbocycles. The van der Waals surface area contributed by atoms with Gasteiger partial charge < -0.3 is 5.73 Å². The van der Waals surface area contributed by atoms with Crippen molar-refractivity contribution < 1.29 is 0 Å². The Kier molecular flexibility index (Phi) is 4.51. The van der Waals surface area contributed by atoms with Gasteiger partial charge in [-0.05, 0) is 41.8 Å². The summed E-state index contributed by atoms with van der Waals surface area (Å²) in [5.41, 5.74) is 8.27. The highest BCUT2D eigenvalue weighted by Crippen LogP contribution is 2.29. The molecule has 0 aliphatic rings. The molecule has 0 amide bonds. The van der Waals surface area contributed by atoms with Crippen molar-refractivity contribution in [2.45, 2.75) is 18.8 Å². The summed E-state index contributed by atoms with van der Waals surface area (Å²) < 4.78 is 0. The summed E-state index contributed by atoms with van der Waals surface area (Å²) in [6, 6.07) is 15.8. The quantitative estimate of drug-likeness (QED) is 0.885. The number of hydrogen-bond donors (Lipinski definition) is 1. The molecular weight excluding hydrogens is 277 g/mol. The van der Waals surface area contributed by atoms with Crippen molar-refractivity contribution in [2.24, 2.45) is 5.73 Å². The van der Waals surface area contributed by atoms with Crippen LogP contribution in [0.15, 0.2) is 48.5 Å². The lowest BCUT2D eigenvalue weighted by Crippen LogP contribution is -2.34. The fourth-order valence-corrected chi connectivity index (χ4v) is 2.58. The predicted octanol–water partition coefficient (Wildman–Crippen LogP) is 4.45. The Morgan fingerprint density at radius 1 is 1.00 bits per heavy atom. The van der Waals surface area contributed by atoms with Gasteiger partial charge in [0.2, 0.25) is 0 Å². The maximum absolute atomic E-state index is 6.03. The Labute approximate surface area is 124 Å². The van der Waals surface area contributed by atoms with Crippen LogP contribution in [0.3, 0.4) is 0 Å². The van der Waals surface area contributed by atoms with E-state index < -0.39 is 0 Å². The number of nitrogens with two attached hydrogens (primary N) is 1. The first-order valence-electron chi connectivity index (χ1n) is 6.24. The molecule has 0 fully saturated rings. The smallest absolute Gasteiger partial charge is 0.0408 e. The summed E-state index contributed by atoms with van der Waals surface area (Å²) in [4.78, 5) is 0. The monoisotopic (exact) mass is 293 g/mol. The molecule has 0 spiro atoms. The molecule has 2 rings (SSSR count). The Hall–Kier alpha value is -1.02. The van der Waals surface area contributed by atoms with Gasteiger partial charge in [-0.2, -0.15) is 0 Å². The highest BCUT2D eigenvalue weighted by Gasteiger charge is 2.25. The van der Waals surface area contributed by atoms with Gasteiger partial charge in [0, 0.05) is 22.0 Å². The van der Waals surface area contributed by atoms with Gasteiger partial charge in [0.25, 0.3) is 0 Å². The van der Waals surface area contributed by atoms with E-state index in [1.54, 1.807) is 0 Å². The van der Waals surface area contributed by atoms with Crippen molar-refractivity contribution in [1.29, 1.82) is 0 Å². The third-order valence-corrected chi connectivity index (χ3v) is 3.96. The van der Waals surface area contributed by atoms with Crippen molar-refractivity contribution in [3.8, 4) is 0 Å². The molecule has 1 nitrogen and oxygen atoms in total. The summed E-state index contributed by atoms with van der Waals surface area (Å²) in [5.74, 6) is 0. The van der Waals surface area contributed by atoms with Crippen LogP contribution in [0.25, 0.3) is 0 Å². The molecule has 0 aliphatic heterocycles. The van der Waals surface area contributed by atoms with Crippen LogP contribution in [0.4, 0.5) is 0 Å². The zero-order valence-corrected chi connectivity index (χ0v) is 12.4. The third-order valence-electron chi connectivity index (χ3n) is 3.47. The molecule has 0 aromatic heterocycles. The van der Waals surface area contributed by atoms with E-state index in [1.165, 1.54) is 11.1 Å². The second-order valence-corrected chi connectivity index (χ2v) is 5.95. The van der Waals surface area contributed by atoms with E-state index in [0.717, 1.165) is 16.5 Å². The highest BCUT2D eigenvalue weighted by molar-refractivity contribution is 6.30. The molecular formula is C16H17Cl2N. The van der Waals surface area contributed by atoms with Crippen LogP contribution < -0.4 is 5.73 Å². The SMILES string of the molecule is CC(CN)(Cc1cccc(Cl)c1)c1ccc(Cl)cc1. The summed E-state index contributed by atoms with van der Waals surface area (Å²) >= 11 is 12.0. The highest BCUT2D eigenvalue weighted by atomic mass is 35.5. The van der Waals surface area contributed by atoms with Crippen LogP contribution >= 0.6 is 23.2 Å². The molecule has 19 heavy (non-hydrogen) atoms. The van der Waals surface area contributed by atoms with Crippen LogP contribution in [0.2, 0.25) is 10.0 Å². The average molecular weight is 294 g/mol. The van der Waals surface area contributed by atoms with Crippen molar-refractivity contribution in [3.63, 3.8) is 0 Å². The van der Waals surface area contributed by atoms with Crippen molar-refractivity contribution in [1.82, 2.24) is 0 Å². The fraction of sp³-hybridized carbons (Fsp3) is 0.250. The molecule has 1 atom stereocenters. The molecule has 100 valence electrons. The van der Waals surface area contributed by atoms with Crippen LogP contribution in [-0.2, 0) is 11.8 Å². The van der Waals surface area contributed by atoms with Crippen molar-refractivity contribution >= 4 is 23.2 Å². The normalized spacial score (nSPS) is 14.1. The zero-order chi connectivity index (χ0) is 13.9. The largest absolute Gasteiger partial charge is 0.330 e. The summed E-state index contributed by atoms with van der Waals surface area (Å²) in [6.45, 7) is 2.73. The molecule has 0 saturated heterocycles. The lowest BCUT2D eigenvalue weighted by molar-refractivity contribution is 0.481. The lowest BCUT2D eigenvalue weighted by Gasteiger charge is -2.29. The number of rotatable bonds is 4. The van der Waals surface area contributed by atoms with E-state index in [-0.39, 0.29) is 5.41 Å². The van der Waals surface area contributed by atoms with Crippen molar-refractivity contribution in [2.75, 3.05) is 6.54 Å². The van der Waals surface area contributed by atoms with E-state index in [2.05, 4.69) is 13.0 Å². The molecule has 0 radical (unpaired) electrons. The van der Waals surface area contributed by atoms with Crippen LogP contribution in [0.5, 0.6) is 0 Å². The van der Waals surface area contributed by atoms with E-state index in [0.29, 0.717) is 6.54 Å². The Bertz CT molecular complexity index is 551. The molecule has 0 bridgehead atoms. The summed E-state index contributed by atoms with van der Waals surface area (Å²) in [7, 11) is 0. The predicted molar refractivity (Wildman–Crippen MR) is 83.0 cm³/mol. The molecule has 3 heteroatoms. The number of hydrogen-bond acceptors (Lipinski definition) is 1. The summed E-state index contributed by atoms with van der Waals surface area (Å²) in [6.07, 6.45) is 0.853. The Balaban J connectivity index is 2.29. The summed E-state index contributed by atoms with van der Waals surface area (Å²) in [5, 5.41) is 1.50. The standard InChI is InChI=1S/C16H17Cl2N/c1-16(11-19,13-5-7-14(17)8-6-13)10-12-3-2-4-15(18)9-12/h2-9H,10-11,19H2,1H3. The molecule has 0 heterocycles. The van der Waals surface area contributed by atoms with E-state index in [4.69, 9.17) is 28.9 Å². The average Bonchev–Trinajstić information content (AvgIpc) is 2.39. The zero-order valence-electron chi connectivity index (χ0n) is 10.9. The fourth-order valence-electron chi connectivity index (χ4n) is 2.24. The molecule has 2 aromatic rings. The maximum Gasteiger partial charge on any atom is 0.0408 e. The minimum absolute atomic E-state index is 0.116. The van der Waals surface area contributed by atoms with Gasteiger partial charge in [-0.1, -0.05) is 54.4 Å². The first-order valence-corrected chi connectivity index (χ1v) is 7.00. The molecule has 2 aromatic carbocycles. The molecule has 2 N–H and O–H groups in total. The van der Waals surface area contributed by atoms with Gasteiger partial charge in [-0.3, -0.25) is 0 Å². The van der Waals surface area contributed by atoms with Gasteiger partial charge in [-0.15, -0.1) is 0 Å². The molecule has 1 unspecified atom stereocenters. The van der Waals surface area contributed by atoms with Crippen LogP contribution in [0, 0.1) is 0 Å². The van der Waals surface area contributed by atoms with Gasteiger partial charge in [0.1, 0.15) is 0 Å². The first-order chi connectivity index (χ1) is 9.03. The van der Waals surface area contributed by atoms with Gasteiger partial charge in [0.05, 0.1) is 0 Å². The number of halogens is 2. The Morgan fingerprint density at radius 3 is 2.26 bits per heavy atom. The Morgan fingerprint density at radius 2 is 1.68 bits per heavy atom. The topological polar surface area (TPSA) is 26.0 Å². The third kappa shape index (κ3) is 3.50. The maximum atomic E-state index is 6.03. The van der Waals surface area contributed by atoms with Gasteiger partial charge in [0.15, 0.2) is 0 Å². The van der Waals surface area contributed by atoms with Crippen LogP contribution in [-0.4, -0.2) is 6.54 Å². The second kappa shape index (κ2) is 5.96. The first kappa shape index (κ1) is 14.4. The number of benzene rings is 2. The second-order valence-electron chi connectivity index (χ2n) is 5.08. The van der Waals surface area contributed by atoms with E-state index >= 15 is 0 Å². The van der Waals surface area contributed by atoms with Gasteiger partial charge >= 0.3 is 0 Å². The van der Waals surface area contributed by atoms with Crippen LogP contribution in [0.1, 0.15) is 18.1 Å². The lowest BCUT2D eigenvalue weighted by atomic mass is 9.77. The van der Waals surface area contributed by atoms with E-state index in [1.807, 2.05) is 42.5 Å². The minimum atomic E-state index is -0.116. The van der Waals surface area contributed by atoms with E-state index in [9.17, 15) is 0 Å². The van der Waals surface area contributed by atoms with Crippen molar-refractivity contribution in [3.05, 3.63) is 69.7 Å². The molecule has 0 saturated carbocycles. The minimum Gasteiger partial charge on any atom is -0.330 e. The van der Waals surface area contributed by atoms with Gasteiger partial charge in [-0.25, -0.2) is 0 Å².